The number of hydrogen-bond acceptors (Lipinski definition) is 6. The summed E-state index contributed by atoms with van der Waals surface area (Å²) < 4.78 is 13.3. The second kappa shape index (κ2) is 8.08. The van der Waals surface area contributed by atoms with Crippen molar-refractivity contribution in [3.05, 3.63) is 59.7 Å². The number of rotatable bonds is 6. The van der Waals surface area contributed by atoms with Crippen LogP contribution in [0.3, 0.4) is 0 Å². The Hall–Kier alpha value is -2.77. The van der Waals surface area contributed by atoms with E-state index in [2.05, 4.69) is 9.97 Å². The maximum atomic E-state index is 12.9. The fraction of sp³-hybridized carbons (Fsp3) is 0.381. The molecule has 2 atom stereocenters. The molecule has 1 N–H and O–H groups in total. The highest BCUT2D eigenvalue weighted by Gasteiger charge is 2.30. The highest BCUT2D eigenvalue weighted by atomic mass is 16.5. The molecule has 28 heavy (non-hydrogen) atoms. The number of nitrogens with zero attached hydrogens (tertiary/aromatic N) is 3. The minimum absolute atomic E-state index is 0.0170. The lowest BCUT2D eigenvalue weighted by Crippen LogP contribution is -2.14. The van der Waals surface area contributed by atoms with E-state index in [4.69, 9.17) is 9.47 Å². The molecule has 7 heteroatoms. The van der Waals surface area contributed by atoms with Crippen molar-refractivity contribution >= 4 is 17.0 Å². The van der Waals surface area contributed by atoms with Gasteiger partial charge in [-0.3, -0.25) is 0 Å². The average molecular weight is 381 g/mol. The fourth-order valence-corrected chi connectivity index (χ4v) is 3.62. The van der Waals surface area contributed by atoms with Crippen molar-refractivity contribution < 1.29 is 19.4 Å². The van der Waals surface area contributed by atoms with Gasteiger partial charge in [-0.25, -0.2) is 14.8 Å². The maximum absolute atomic E-state index is 12.9. The van der Waals surface area contributed by atoms with Crippen LogP contribution in [0.25, 0.3) is 11.0 Å². The summed E-state index contributed by atoms with van der Waals surface area (Å²) in [5, 5.41) is 10.1. The van der Waals surface area contributed by atoms with Gasteiger partial charge in [-0.1, -0.05) is 37.3 Å². The van der Waals surface area contributed by atoms with E-state index in [1.54, 1.807) is 6.20 Å². The molecule has 0 aliphatic carbocycles. The SMILES string of the molecule is CCc1ncnc2c1c(C(=O)OCc1ccccc1)cn2[C@H]1CC[C@@H](CO)O1. The minimum Gasteiger partial charge on any atom is -0.457 e. The number of aromatic nitrogens is 3. The van der Waals surface area contributed by atoms with Gasteiger partial charge in [0, 0.05) is 6.20 Å². The Kier molecular flexibility index (Phi) is 5.36. The molecule has 0 radical (unpaired) electrons. The molecule has 1 saturated heterocycles. The first kappa shape index (κ1) is 18.6. The third-order valence-electron chi connectivity index (χ3n) is 5.05. The molecule has 0 spiro atoms. The van der Waals surface area contributed by atoms with Crippen LogP contribution in [0.4, 0.5) is 0 Å². The number of carbonyl (C=O) groups excluding carboxylic acids is 1. The Bertz CT molecular complexity index is 970. The number of hydrogen-bond donors (Lipinski definition) is 1. The van der Waals surface area contributed by atoms with E-state index in [9.17, 15) is 9.90 Å². The summed E-state index contributed by atoms with van der Waals surface area (Å²) in [6.07, 6.45) is 4.98. The van der Waals surface area contributed by atoms with E-state index in [1.165, 1.54) is 6.33 Å². The first-order valence-electron chi connectivity index (χ1n) is 9.53. The maximum Gasteiger partial charge on any atom is 0.340 e. The van der Waals surface area contributed by atoms with Gasteiger partial charge in [-0.15, -0.1) is 0 Å². The van der Waals surface area contributed by atoms with Crippen molar-refractivity contribution in [3.8, 4) is 0 Å². The Balaban J connectivity index is 1.68. The van der Waals surface area contributed by atoms with Crippen LogP contribution in [0.1, 0.15) is 47.6 Å². The lowest BCUT2D eigenvalue weighted by atomic mass is 10.1. The molecule has 0 amide bonds. The molecule has 0 saturated carbocycles. The Morgan fingerprint density at radius 3 is 2.82 bits per heavy atom. The number of aliphatic hydroxyl groups is 1. The van der Waals surface area contributed by atoms with Crippen LogP contribution in [-0.4, -0.2) is 38.3 Å². The summed E-state index contributed by atoms with van der Waals surface area (Å²) in [7, 11) is 0. The Morgan fingerprint density at radius 1 is 1.29 bits per heavy atom. The highest BCUT2D eigenvalue weighted by molar-refractivity contribution is 6.04. The molecule has 1 aliphatic heterocycles. The molecule has 2 aromatic heterocycles. The predicted octanol–water partition coefficient (Wildman–Crippen LogP) is 3.02. The second-order valence-electron chi connectivity index (χ2n) is 6.86. The highest BCUT2D eigenvalue weighted by Crippen LogP contribution is 2.33. The van der Waals surface area contributed by atoms with E-state index in [-0.39, 0.29) is 25.5 Å². The summed E-state index contributed by atoms with van der Waals surface area (Å²) in [6, 6.07) is 9.57. The summed E-state index contributed by atoms with van der Waals surface area (Å²) in [4.78, 5) is 21.6. The van der Waals surface area contributed by atoms with Gasteiger partial charge >= 0.3 is 5.97 Å². The average Bonchev–Trinajstić information content (AvgIpc) is 3.37. The molecule has 1 aromatic carbocycles. The van der Waals surface area contributed by atoms with Gasteiger partial charge in [0.05, 0.1) is 29.4 Å². The molecule has 3 heterocycles. The first-order valence-corrected chi connectivity index (χ1v) is 9.53. The van der Waals surface area contributed by atoms with Crippen LogP contribution in [0.15, 0.2) is 42.9 Å². The van der Waals surface area contributed by atoms with Crippen LogP contribution in [-0.2, 0) is 22.5 Å². The number of ether oxygens (including phenoxy) is 2. The van der Waals surface area contributed by atoms with E-state index in [1.807, 2.05) is 41.8 Å². The van der Waals surface area contributed by atoms with Crippen LogP contribution >= 0.6 is 0 Å². The van der Waals surface area contributed by atoms with Crippen molar-refractivity contribution in [1.29, 1.82) is 0 Å². The lowest BCUT2D eigenvalue weighted by molar-refractivity contribution is -0.0205. The first-order chi connectivity index (χ1) is 13.7. The van der Waals surface area contributed by atoms with E-state index < -0.39 is 5.97 Å². The third kappa shape index (κ3) is 3.50. The van der Waals surface area contributed by atoms with E-state index in [0.29, 0.717) is 23.0 Å². The molecular formula is C21H23N3O4. The topological polar surface area (TPSA) is 86.5 Å². The van der Waals surface area contributed by atoms with Crippen molar-refractivity contribution in [2.45, 2.75) is 45.1 Å². The van der Waals surface area contributed by atoms with Crippen LogP contribution in [0.5, 0.6) is 0 Å². The monoisotopic (exact) mass is 381 g/mol. The quantitative estimate of drug-likeness (QED) is 0.661. The summed E-state index contributed by atoms with van der Waals surface area (Å²) in [5.41, 5.74) is 2.82. The predicted molar refractivity (Wildman–Crippen MR) is 103 cm³/mol. The summed E-state index contributed by atoms with van der Waals surface area (Å²) >= 11 is 0. The molecule has 7 nitrogen and oxygen atoms in total. The normalized spacial score (nSPS) is 19.2. The Morgan fingerprint density at radius 2 is 2.11 bits per heavy atom. The third-order valence-corrected chi connectivity index (χ3v) is 5.05. The molecule has 0 unspecified atom stereocenters. The summed E-state index contributed by atoms with van der Waals surface area (Å²) in [6.45, 7) is 2.18. The largest absolute Gasteiger partial charge is 0.457 e. The number of benzene rings is 1. The van der Waals surface area contributed by atoms with Crippen LogP contribution in [0, 0.1) is 0 Å². The van der Waals surface area contributed by atoms with Gasteiger partial charge in [-0.05, 0) is 24.8 Å². The van der Waals surface area contributed by atoms with Crippen molar-refractivity contribution in [2.24, 2.45) is 0 Å². The number of fused-ring (bicyclic) bond motifs is 1. The van der Waals surface area contributed by atoms with Gasteiger partial charge < -0.3 is 19.1 Å². The smallest absolute Gasteiger partial charge is 0.340 e. The van der Waals surface area contributed by atoms with E-state index in [0.717, 1.165) is 24.1 Å². The molecule has 0 bridgehead atoms. The van der Waals surface area contributed by atoms with Crippen LogP contribution < -0.4 is 0 Å². The van der Waals surface area contributed by atoms with Crippen molar-refractivity contribution in [3.63, 3.8) is 0 Å². The molecule has 4 rings (SSSR count). The van der Waals surface area contributed by atoms with Crippen LogP contribution in [0.2, 0.25) is 0 Å². The fourth-order valence-electron chi connectivity index (χ4n) is 3.62. The zero-order chi connectivity index (χ0) is 19.5. The number of aliphatic hydroxyl groups excluding tert-OH is 1. The Labute approximate surface area is 162 Å². The standard InChI is InChI=1S/C21H23N3O4/c1-2-17-19-16(21(26)27-12-14-6-4-3-5-7-14)10-24(20(19)23-13-22-17)18-9-8-15(11-25)28-18/h3-7,10,13,15,18,25H,2,8-9,11-12H2,1H3/t15-,18+/m0/s1. The lowest BCUT2D eigenvalue weighted by Gasteiger charge is -2.14. The van der Waals surface area contributed by atoms with Gasteiger partial charge in [0.15, 0.2) is 0 Å². The number of esters is 1. The van der Waals surface area contributed by atoms with Gasteiger partial charge in [-0.2, -0.15) is 0 Å². The van der Waals surface area contributed by atoms with Crippen molar-refractivity contribution in [2.75, 3.05) is 6.61 Å². The van der Waals surface area contributed by atoms with Crippen molar-refractivity contribution in [1.82, 2.24) is 14.5 Å². The minimum atomic E-state index is -0.409. The zero-order valence-corrected chi connectivity index (χ0v) is 15.7. The zero-order valence-electron chi connectivity index (χ0n) is 15.7. The van der Waals surface area contributed by atoms with E-state index >= 15 is 0 Å². The summed E-state index contributed by atoms with van der Waals surface area (Å²) in [5.74, 6) is -0.409. The molecule has 1 fully saturated rings. The van der Waals surface area contributed by atoms with Gasteiger partial charge in [0.25, 0.3) is 0 Å². The van der Waals surface area contributed by atoms with Gasteiger partial charge in [0.2, 0.25) is 0 Å². The molecule has 1 aliphatic rings. The molecular weight excluding hydrogens is 358 g/mol. The number of aryl methyl sites for hydroxylation is 1. The van der Waals surface area contributed by atoms with Gasteiger partial charge in [0.1, 0.15) is 24.8 Å². The molecule has 3 aromatic rings. The second-order valence-corrected chi connectivity index (χ2v) is 6.86. The molecule has 146 valence electrons. The number of carbonyl (C=O) groups is 1.